The molecule has 2 aliphatic heterocycles. The van der Waals surface area contributed by atoms with E-state index in [-0.39, 0.29) is 18.0 Å². The maximum Gasteiger partial charge on any atom is 0.317 e. The maximum absolute atomic E-state index is 12.6. The molecule has 1 aromatic carbocycles. The van der Waals surface area contributed by atoms with Gasteiger partial charge in [0.1, 0.15) is 0 Å². The number of likely N-dealkylation sites (N-methyl/N-ethyl adjacent to an activating group) is 1. The minimum Gasteiger partial charge on any atom is -0.368 e. The van der Waals surface area contributed by atoms with Gasteiger partial charge in [-0.2, -0.15) is 0 Å². The van der Waals surface area contributed by atoms with E-state index >= 15 is 0 Å². The highest BCUT2D eigenvalue weighted by atomic mass is 35.5. The molecule has 3 rings (SSSR count). The molecule has 8 heteroatoms. The predicted octanol–water partition coefficient (Wildman–Crippen LogP) is 1.38. The lowest BCUT2D eigenvalue weighted by molar-refractivity contribution is -0.122. The van der Waals surface area contributed by atoms with Crippen LogP contribution >= 0.6 is 11.6 Å². The van der Waals surface area contributed by atoms with E-state index in [0.717, 1.165) is 49.7 Å². The largest absolute Gasteiger partial charge is 0.368 e. The summed E-state index contributed by atoms with van der Waals surface area (Å²) in [5, 5.41) is 6.54. The standard InChI is InChI=1S/C19H28ClN5O2/c1-21-18(26)14-23-7-5-16(6-8-23)22-19(27)25-11-9-24(10-12-25)17-4-2-3-15(20)13-17/h2-4,13,16H,5-12,14H2,1H3,(H,21,26)(H,22,27). The third-order valence-electron chi connectivity index (χ3n) is 5.30. The number of piperidine rings is 1. The van der Waals surface area contributed by atoms with E-state index in [0.29, 0.717) is 19.6 Å². The fourth-order valence-corrected chi connectivity index (χ4v) is 3.81. The number of anilines is 1. The lowest BCUT2D eigenvalue weighted by Crippen LogP contribution is -2.55. The summed E-state index contributed by atoms with van der Waals surface area (Å²) >= 11 is 6.07. The van der Waals surface area contributed by atoms with Crippen molar-refractivity contribution in [1.29, 1.82) is 0 Å². The lowest BCUT2D eigenvalue weighted by atomic mass is 10.1. The molecular weight excluding hydrogens is 366 g/mol. The lowest BCUT2D eigenvalue weighted by Gasteiger charge is -2.38. The van der Waals surface area contributed by atoms with Crippen LogP contribution < -0.4 is 15.5 Å². The first-order chi connectivity index (χ1) is 13.0. The number of halogens is 1. The molecule has 2 heterocycles. The van der Waals surface area contributed by atoms with E-state index in [4.69, 9.17) is 11.6 Å². The average Bonchev–Trinajstić information content (AvgIpc) is 2.69. The van der Waals surface area contributed by atoms with Gasteiger partial charge in [0.15, 0.2) is 0 Å². The van der Waals surface area contributed by atoms with Gasteiger partial charge in [0.25, 0.3) is 0 Å². The van der Waals surface area contributed by atoms with Crippen LogP contribution in [0, 0.1) is 0 Å². The second kappa shape index (κ2) is 9.28. The predicted molar refractivity (Wildman–Crippen MR) is 107 cm³/mol. The van der Waals surface area contributed by atoms with Crippen molar-refractivity contribution in [2.45, 2.75) is 18.9 Å². The molecule has 0 atom stereocenters. The van der Waals surface area contributed by atoms with Crippen LogP contribution in [-0.2, 0) is 4.79 Å². The summed E-state index contributed by atoms with van der Waals surface area (Å²) in [6.45, 7) is 5.11. The molecule has 0 unspecified atom stereocenters. The van der Waals surface area contributed by atoms with Crippen molar-refractivity contribution in [2.75, 3.05) is 57.8 Å². The normalized spacial score (nSPS) is 19.0. The minimum absolute atomic E-state index is 0.0190. The second-order valence-electron chi connectivity index (χ2n) is 7.13. The minimum atomic E-state index is 0.0190. The molecule has 0 spiro atoms. The van der Waals surface area contributed by atoms with E-state index < -0.39 is 0 Å². The van der Waals surface area contributed by atoms with Crippen molar-refractivity contribution < 1.29 is 9.59 Å². The summed E-state index contributed by atoms with van der Waals surface area (Å²) in [5.74, 6) is 0.0371. The van der Waals surface area contributed by atoms with E-state index in [1.807, 2.05) is 29.2 Å². The summed E-state index contributed by atoms with van der Waals surface area (Å²) in [6, 6.07) is 8.04. The number of carbonyl (C=O) groups is 2. The number of benzene rings is 1. The summed E-state index contributed by atoms with van der Waals surface area (Å²) in [4.78, 5) is 30.3. The number of nitrogens with zero attached hydrogens (tertiary/aromatic N) is 3. The molecule has 148 valence electrons. The van der Waals surface area contributed by atoms with Gasteiger partial charge < -0.3 is 20.4 Å². The highest BCUT2D eigenvalue weighted by Gasteiger charge is 2.26. The number of urea groups is 1. The van der Waals surface area contributed by atoms with Gasteiger partial charge in [-0.3, -0.25) is 9.69 Å². The molecule has 0 aromatic heterocycles. The Labute approximate surface area is 165 Å². The van der Waals surface area contributed by atoms with Gasteiger partial charge >= 0.3 is 6.03 Å². The van der Waals surface area contributed by atoms with E-state index in [1.54, 1.807) is 7.05 Å². The SMILES string of the molecule is CNC(=O)CN1CCC(NC(=O)N2CCN(c3cccc(Cl)c3)CC2)CC1. The number of nitrogens with one attached hydrogen (secondary N) is 2. The summed E-state index contributed by atoms with van der Waals surface area (Å²) in [5.41, 5.74) is 1.10. The van der Waals surface area contributed by atoms with Crippen LogP contribution in [0.4, 0.5) is 10.5 Å². The molecule has 2 fully saturated rings. The molecule has 2 N–H and O–H groups in total. The molecule has 7 nitrogen and oxygen atoms in total. The van der Waals surface area contributed by atoms with E-state index in [9.17, 15) is 9.59 Å². The quantitative estimate of drug-likeness (QED) is 0.811. The Hall–Kier alpha value is -1.99. The van der Waals surface area contributed by atoms with Crippen LogP contribution in [0.2, 0.25) is 5.02 Å². The van der Waals surface area contributed by atoms with Crippen LogP contribution in [0.15, 0.2) is 24.3 Å². The third-order valence-corrected chi connectivity index (χ3v) is 5.54. The number of likely N-dealkylation sites (tertiary alicyclic amines) is 1. The van der Waals surface area contributed by atoms with Crippen LogP contribution in [-0.4, -0.2) is 80.6 Å². The average molecular weight is 394 g/mol. The Morgan fingerprint density at radius 2 is 1.81 bits per heavy atom. The number of amides is 3. The number of rotatable bonds is 4. The van der Waals surface area contributed by atoms with Crippen molar-refractivity contribution in [2.24, 2.45) is 0 Å². The Bertz CT molecular complexity index is 655. The van der Waals surface area contributed by atoms with Gasteiger partial charge in [-0.05, 0) is 31.0 Å². The summed E-state index contributed by atoms with van der Waals surface area (Å²) in [7, 11) is 1.65. The molecule has 0 aliphatic carbocycles. The Morgan fingerprint density at radius 1 is 1.11 bits per heavy atom. The van der Waals surface area contributed by atoms with Gasteiger partial charge in [0, 0.05) is 63.1 Å². The van der Waals surface area contributed by atoms with Gasteiger partial charge in [-0.15, -0.1) is 0 Å². The Kier molecular flexibility index (Phi) is 6.79. The molecule has 3 amide bonds. The first-order valence-electron chi connectivity index (χ1n) is 9.54. The van der Waals surface area contributed by atoms with Gasteiger partial charge in [-0.1, -0.05) is 17.7 Å². The molecule has 1 aromatic rings. The monoisotopic (exact) mass is 393 g/mol. The van der Waals surface area contributed by atoms with Crippen molar-refractivity contribution in [3.63, 3.8) is 0 Å². The van der Waals surface area contributed by atoms with E-state index in [2.05, 4.69) is 20.4 Å². The molecule has 2 saturated heterocycles. The highest BCUT2D eigenvalue weighted by Crippen LogP contribution is 2.21. The number of hydrogen-bond donors (Lipinski definition) is 2. The third kappa shape index (κ3) is 5.49. The van der Waals surface area contributed by atoms with Crippen molar-refractivity contribution in [1.82, 2.24) is 20.4 Å². The zero-order valence-electron chi connectivity index (χ0n) is 15.8. The zero-order chi connectivity index (χ0) is 19.2. The maximum atomic E-state index is 12.6. The topological polar surface area (TPSA) is 67.9 Å². The number of hydrogen-bond acceptors (Lipinski definition) is 4. The molecule has 0 bridgehead atoms. The van der Waals surface area contributed by atoms with Gasteiger partial charge in [-0.25, -0.2) is 4.79 Å². The molecule has 0 radical (unpaired) electrons. The molecule has 0 saturated carbocycles. The second-order valence-corrected chi connectivity index (χ2v) is 7.56. The van der Waals surface area contributed by atoms with Crippen LogP contribution in [0.25, 0.3) is 0 Å². The molecular formula is C19H28ClN5O2. The van der Waals surface area contributed by atoms with Crippen LogP contribution in [0.1, 0.15) is 12.8 Å². The number of carbonyl (C=O) groups excluding carboxylic acids is 2. The Morgan fingerprint density at radius 3 is 2.44 bits per heavy atom. The zero-order valence-corrected chi connectivity index (χ0v) is 16.5. The fourth-order valence-electron chi connectivity index (χ4n) is 3.62. The van der Waals surface area contributed by atoms with Gasteiger partial charge in [0.05, 0.1) is 6.54 Å². The van der Waals surface area contributed by atoms with Crippen LogP contribution in [0.5, 0.6) is 0 Å². The summed E-state index contributed by atoms with van der Waals surface area (Å²) < 4.78 is 0. The van der Waals surface area contributed by atoms with Crippen molar-refractivity contribution in [3.05, 3.63) is 29.3 Å². The Balaban J connectivity index is 1.41. The summed E-state index contributed by atoms with van der Waals surface area (Å²) in [6.07, 6.45) is 1.76. The van der Waals surface area contributed by atoms with Crippen LogP contribution in [0.3, 0.4) is 0 Å². The van der Waals surface area contributed by atoms with Gasteiger partial charge in [0.2, 0.25) is 5.91 Å². The van der Waals surface area contributed by atoms with Crippen molar-refractivity contribution in [3.8, 4) is 0 Å². The van der Waals surface area contributed by atoms with E-state index in [1.165, 1.54) is 0 Å². The number of piperazine rings is 1. The fraction of sp³-hybridized carbons (Fsp3) is 0.579. The first-order valence-corrected chi connectivity index (χ1v) is 9.92. The molecule has 2 aliphatic rings. The smallest absolute Gasteiger partial charge is 0.317 e. The highest BCUT2D eigenvalue weighted by molar-refractivity contribution is 6.30. The van der Waals surface area contributed by atoms with Crippen molar-refractivity contribution >= 4 is 29.2 Å². The first kappa shape index (κ1) is 19.8. The molecule has 27 heavy (non-hydrogen) atoms.